The summed E-state index contributed by atoms with van der Waals surface area (Å²) >= 11 is 0. The van der Waals surface area contributed by atoms with Crippen molar-refractivity contribution < 1.29 is 14.3 Å². The summed E-state index contributed by atoms with van der Waals surface area (Å²) in [4.78, 5) is 31.4. The summed E-state index contributed by atoms with van der Waals surface area (Å²) in [6.07, 6.45) is 0. The Bertz CT molecular complexity index is 1600. The van der Waals surface area contributed by atoms with Gasteiger partial charge in [-0.05, 0) is 49.5 Å². The van der Waals surface area contributed by atoms with Gasteiger partial charge in [0, 0.05) is 48.7 Å². The van der Waals surface area contributed by atoms with Gasteiger partial charge in [-0.3, -0.25) is 9.59 Å². The van der Waals surface area contributed by atoms with Crippen molar-refractivity contribution in [2.45, 2.75) is 6.61 Å². The molecule has 1 N–H and O–H groups in total. The Kier molecular flexibility index (Phi) is 6.76. The maximum Gasteiger partial charge on any atom is 0.249 e. The Labute approximate surface area is 232 Å². The molecule has 0 aliphatic carbocycles. The molecular formula is C31H28N6O3. The molecule has 2 aliphatic heterocycles. The lowest BCUT2D eigenvalue weighted by atomic mass is 9.95. The van der Waals surface area contributed by atoms with E-state index in [2.05, 4.69) is 34.3 Å². The summed E-state index contributed by atoms with van der Waals surface area (Å²) in [6, 6.07) is 26.3. The van der Waals surface area contributed by atoms with Gasteiger partial charge < -0.3 is 19.9 Å². The lowest BCUT2D eigenvalue weighted by molar-refractivity contribution is -0.117. The molecule has 9 heteroatoms. The third-order valence-corrected chi connectivity index (χ3v) is 7.37. The van der Waals surface area contributed by atoms with Crippen molar-refractivity contribution >= 4 is 23.1 Å². The van der Waals surface area contributed by atoms with E-state index >= 15 is 0 Å². The minimum Gasteiger partial charge on any atom is -0.488 e. The Morgan fingerprint density at radius 2 is 1.65 bits per heavy atom. The predicted molar refractivity (Wildman–Crippen MR) is 152 cm³/mol. The number of rotatable bonds is 6. The number of ether oxygens (including phenoxy) is 1. The number of nitrogens with zero attached hydrogens (tertiary/aromatic N) is 5. The normalized spacial score (nSPS) is 15.2. The van der Waals surface area contributed by atoms with Gasteiger partial charge in [0.25, 0.3) is 0 Å². The molecule has 0 saturated carbocycles. The zero-order valence-electron chi connectivity index (χ0n) is 22.1. The van der Waals surface area contributed by atoms with Crippen LogP contribution < -0.4 is 15.0 Å². The molecule has 0 bridgehead atoms. The van der Waals surface area contributed by atoms with Crippen LogP contribution in [0.4, 0.5) is 11.4 Å². The lowest BCUT2D eigenvalue weighted by Gasteiger charge is -2.34. The van der Waals surface area contributed by atoms with Gasteiger partial charge in [-0.2, -0.15) is 10.4 Å². The van der Waals surface area contributed by atoms with E-state index in [4.69, 9.17) is 9.84 Å². The average molecular weight is 533 g/mol. The van der Waals surface area contributed by atoms with Crippen LogP contribution in [0.1, 0.15) is 16.1 Å². The Morgan fingerprint density at radius 3 is 2.35 bits per heavy atom. The number of nitriles is 1. The van der Waals surface area contributed by atoms with Gasteiger partial charge in [0.15, 0.2) is 5.92 Å². The third-order valence-electron chi connectivity index (χ3n) is 7.37. The lowest BCUT2D eigenvalue weighted by Crippen LogP contribution is -2.44. The van der Waals surface area contributed by atoms with Gasteiger partial charge >= 0.3 is 0 Å². The van der Waals surface area contributed by atoms with Crippen LogP contribution in [0.2, 0.25) is 0 Å². The minimum absolute atomic E-state index is 0.0595. The van der Waals surface area contributed by atoms with Gasteiger partial charge in [-0.1, -0.05) is 36.4 Å². The molecule has 1 fully saturated rings. The molecule has 1 aromatic heterocycles. The van der Waals surface area contributed by atoms with Crippen LogP contribution in [0, 0.1) is 17.2 Å². The fourth-order valence-electron chi connectivity index (χ4n) is 5.17. The zero-order chi connectivity index (χ0) is 27.6. The Balaban J connectivity index is 1.42. The number of aromatic nitrogens is 2. The van der Waals surface area contributed by atoms with Crippen LogP contribution in [-0.4, -0.2) is 59.6 Å². The van der Waals surface area contributed by atoms with Crippen molar-refractivity contribution in [3.63, 3.8) is 0 Å². The molecular weight excluding hydrogens is 504 g/mol. The quantitative estimate of drug-likeness (QED) is 0.294. The number of likely N-dealkylation sites (N-methyl/N-ethyl adjacent to an activating group) is 1. The first-order valence-corrected chi connectivity index (χ1v) is 13.2. The number of piperazine rings is 1. The third kappa shape index (κ3) is 4.70. The van der Waals surface area contributed by atoms with Crippen LogP contribution in [0.5, 0.6) is 5.75 Å². The van der Waals surface area contributed by atoms with E-state index in [9.17, 15) is 14.9 Å². The Morgan fingerprint density at radius 1 is 0.950 bits per heavy atom. The van der Waals surface area contributed by atoms with E-state index < -0.39 is 17.6 Å². The number of Topliss-reactive ketones (excluding diaryl/α,β-unsaturated/α-hetero) is 1. The SMILES string of the molecule is CN1CCN(c2ccc3c(c2)-c2c(c(C(=O)C(C#N)C(=O)Nc4ccccc4)nn2-c2ccccc2)CO3)CC1. The molecule has 40 heavy (non-hydrogen) atoms. The highest BCUT2D eigenvalue weighted by atomic mass is 16.5. The van der Waals surface area contributed by atoms with E-state index in [1.54, 1.807) is 28.9 Å². The number of benzene rings is 3. The number of anilines is 2. The number of nitrogens with one attached hydrogen (secondary N) is 1. The van der Waals surface area contributed by atoms with Gasteiger partial charge in [0.1, 0.15) is 18.1 Å². The number of ketones is 1. The monoisotopic (exact) mass is 532 g/mol. The second-order valence-electron chi connectivity index (χ2n) is 9.96. The molecule has 0 radical (unpaired) electrons. The van der Waals surface area contributed by atoms with Gasteiger partial charge in [-0.15, -0.1) is 0 Å². The zero-order valence-corrected chi connectivity index (χ0v) is 22.1. The number of carbonyl (C=O) groups is 2. The molecule has 2 aliphatic rings. The van der Waals surface area contributed by atoms with Crippen LogP contribution in [0.3, 0.4) is 0 Å². The highest BCUT2D eigenvalue weighted by Crippen LogP contribution is 2.42. The number of hydrogen-bond donors (Lipinski definition) is 1. The van der Waals surface area contributed by atoms with Crippen molar-refractivity contribution in [1.82, 2.24) is 14.7 Å². The summed E-state index contributed by atoms with van der Waals surface area (Å²) in [5, 5.41) is 17.3. The molecule has 3 aromatic carbocycles. The first-order valence-electron chi connectivity index (χ1n) is 13.2. The summed E-state index contributed by atoms with van der Waals surface area (Å²) in [7, 11) is 2.12. The summed E-state index contributed by atoms with van der Waals surface area (Å²) in [5.74, 6) is -2.23. The number of fused-ring (bicyclic) bond motifs is 3. The first kappa shape index (κ1) is 25.3. The van der Waals surface area contributed by atoms with Crippen LogP contribution in [0.15, 0.2) is 78.9 Å². The smallest absolute Gasteiger partial charge is 0.249 e. The molecule has 1 amide bonds. The van der Waals surface area contributed by atoms with Crippen molar-refractivity contribution in [3.8, 4) is 28.8 Å². The second kappa shape index (κ2) is 10.7. The van der Waals surface area contributed by atoms with E-state index in [0.717, 1.165) is 48.8 Å². The molecule has 9 nitrogen and oxygen atoms in total. The molecule has 1 saturated heterocycles. The molecule has 1 unspecified atom stereocenters. The van der Waals surface area contributed by atoms with Gasteiger partial charge in [-0.25, -0.2) is 4.68 Å². The van der Waals surface area contributed by atoms with E-state index in [1.807, 2.05) is 48.5 Å². The molecule has 4 aromatic rings. The first-order chi connectivity index (χ1) is 19.5. The van der Waals surface area contributed by atoms with E-state index in [0.29, 0.717) is 17.0 Å². The van der Waals surface area contributed by atoms with E-state index in [1.165, 1.54) is 0 Å². The topological polar surface area (TPSA) is 103 Å². The number of hydrogen-bond acceptors (Lipinski definition) is 7. The second-order valence-corrected chi connectivity index (χ2v) is 9.96. The molecule has 3 heterocycles. The minimum atomic E-state index is -1.57. The van der Waals surface area contributed by atoms with Crippen molar-refractivity contribution in [2.24, 2.45) is 5.92 Å². The maximum atomic E-state index is 13.8. The van der Waals surface area contributed by atoms with Gasteiger partial charge in [0.2, 0.25) is 11.7 Å². The fraction of sp³-hybridized carbons (Fsp3) is 0.226. The van der Waals surface area contributed by atoms with E-state index in [-0.39, 0.29) is 12.3 Å². The Hall–Kier alpha value is -4.94. The van der Waals surface area contributed by atoms with Gasteiger partial charge in [0.05, 0.1) is 17.5 Å². The number of carbonyl (C=O) groups excluding carboxylic acids is 2. The largest absolute Gasteiger partial charge is 0.488 e. The standard InChI is InChI=1S/C31H28N6O3/c1-35-14-16-36(17-15-35)23-12-13-27-24(18-23)29-26(20-40-27)28(34-37(29)22-10-6-3-7-11-22)30(38)25(19-32)31(39)33-21-8-4-2-5-9-21/h2-13,18,25H,14-17,20H2,1H3,(H,33,39). The maximum absolute atomic E-state index is 13.8. The fourth-order valence-corrected chi connectivity index (χ4v) is 5.17. The van der Waals surface area contributed by atoms with Crippen molar-refractivity contribution in [2.75, 3.05) is 43.4 Å². The summed E-state index contributed by atoms with van der Waals surface area (Å²) < 4.78 is 7.83. The highest BCUT2D eigenvalue weighted by molar-refractivity contribution is 6.15. The summed E-state index contributed by atoms with van der Waals surface area (Å²) in [5.41, 5.74) is 4.49. The average Bonchev–Trinajstić information content (AvgIpc) is 3.39. The van der Waals surface area contributed by atoms with Crippen molar-refractivity contribution in [1.29, 1.82) is 5.26 Å². The number of amides is 1. The molecule has 1 atom stereocenters. The molecule has 0 spiro atoms. The van der Waals surface area contributed by atoms with Crippen LogP contribution >= 0.6 is 0 Å². The summed E-state index contributed by atoms with van der Waals surface area (Å²) in [6.45, 7) is 3.86. The predicted octanol–water partition coefficient (Wildman–Crippen LogP) is 4.14. The molecule has 6 rings (SSSR count). The highest BCUT2D eigenvalue weighted by Gasteiger charge is 2.36. The van der Waals surface area contributed by atoms with Crippen molar-refractivity contribution in [3.05, 3.63) is 90.1 Å². The van der Waals surface area contributed by atoms with Crippen LogP contribution in [-0.2, 0) is 11.4 Å². The number of para-hydroxylation sites is 2. The molecule has 200 valence electrons. The van der Waals surface area contributed by atoms with Crippen LogP contribution in [0.25, 0.3) is 16.9 Å².